The van der Waals surface area contributed by atoms with Crippen molar-refractivity contribution in [3.63, 3.8) is 0 Å². The average molecular weight is 343 g/mol. The summed E-state index contributed by atoms with van der Waals surface area (Å²) in [5.74, 6) is 0. The summed E-state index contributed by atoms with van der Waals surface area (Å²) in [5, 5.41) is 7.96. The second-order valence-electron chi connectivity index (χ2n) is 5.05. The molecular formula is C16H17N5O2S. The van der Waals surface area contributed by atoms with Crippen molar-refractivity contribution < 1.29 is 9.53 Å². The molecule has 3 aromatic heterocycles. The highest BCUT2D eigenvalue weighted by atomic mass is 32.1. The Morgan fingerprint density at radius 3 is 3.04 bits per heavy atom. The van der Waals surface area contributed by atoms with Crippen molar-refractivity contribution in [2.24, 2.45) is 0 Å². The van der Waals surface area contributed by atoms with Crippen LogP contribution in [0.4, 0.5) is 4.79 Å². The van der Waals surface area contributed by atoms with E-state index in [0.717, 1.165) is 26.8 Å². The summed E-state index contributed by atoms with van der Waals surface area (Å²) >= 11 is 1.53. The van der Waals surface area contributed by atoms with Crippen LogP contribution in [0.3, 0.4) is 0 Å². The number of aryl methyl sites for hydroxylation is 1. The Bertz CT molecular complexity index is 828. The maximum absolute atomic E-state index is 12.0. The van der Waals surface area contributed by atoms with Crippen molar-refractivity contribution in [3.05, 3.63) is 42.5 Å². The number of ether oxygens (including phenoxy) is 1. The predicted octanol–water partition coefficient (Wildman–Crippen LogP) is 2.58. The highest BCUT2D eigenvalue weighted by molar-refractivity contribution is 7.18. The first kappa shape index (κ1) is 16.3. The number of hydrogen-bond acceptors (Lipinski definition) is 6. The van der Waals surface area contributed by atoms with E-state index >= 15 is 0 Å². The largest absolute Gasteiger partial charge is 0.383 e. The van der Waals surface area contributed by atoms with Gasteiger partial charge in [0.15, 0.2) is 0 Å². The van der Waals surface area contributed by atoms with Gasteiger partial charge < -0.3 is 10.1 Å². The summed E-state index contributed by atoms with van der Waals surface area (Å²) in [6.45, 7) is 2.83. The molecule has 3 rings (SSSR count). The van der Waals surface area contributed by atoms with E-state index in [0.29, 0.717) is 13.2 Å². The lowest BCUT2D eigenvalue weighted by atomic mass is 10.3. The van der Waals surface area contributed by atoms with Gasteiger partial charge in [-0.2, -0.15) is 9.78 Å². The number of aromatic nitrogens is 4. The zero-order chi connectivity index (χ0) is 16.9. The second-order valence-corrected chi connectivity index (χ2v) is 6.04. The summed E-state index contributed by atoms with van der Waals surface area (Å²) in [6, 6.07) is 5.37. The Morgan fingerprint density at radius 1 is 1.42 bits per heavy atom. The molecule has 0 saturated heterocycles. The first-order valence-electron chi connectivity index (χ1n) is 7.40. The number of pyridine rings is 1. The van der Waals surface area contributed by atoms with Gasteiger partial charge in [-0.3, -0.25) is 4.98 Å². The molecule has 0 radical (unpaired) electrons. The van der Waals surface area contributed by atoms with Crippen molar-refractivity contribution in [1.29, 1.82) is 0 Å². The van der Waals surface area contributed by atoms with Crippen LogP contribution in [0.5, 0.6) is 0 Å². The average Bonchev–Trinajstić information content (AvgIpc) is 3.22. The van der Waals surface area contributed by atoms with Crippen LogP contribution in [-0.4, -0.2) is 46.0 Å². The highest BCUT2D eigenvalue weighted by Crippen LogP contribution is 2.33. The number of hydrogen-bond donors (Lipinski definition) is 1. The monoisotopic (exact) mass is 343 g/mol. The second kappa shape index (κ2) is 7.33. The number of amides is 1. The molecule has 0 fully saturated rings. The number of thiazole rings is 1. The quantitative estimate of drug-likeness (QED) is 0.720. The number of carbonyl (C=O) groups is 1. The Balaban J connectivity index is 1.80. The third kappa shape index (κ3) is 3.50. The zero-order valence-electron chi connectivity index (χ0n) is 13.4. The Labute approximate surface area is 143 Å². The van der Waals surface area contributed by atoms with E-state index in [1.165, 1.54) is 16.0 Å². The molecular weight excluding hydrogens is 326 g/mol. The molecule has 3 aromatic rings. The minimum atomic E-state index is -0.284. The van der Waals surface area contributed by atoms with Crippen LogP contribution < -0.4 is 5.32 Å². The Hall–Kier alpha value is -2.58. The van der Waals surface area contributed by atoms with Gasteiger partial charge in [0.25, 0.3) is 0 Å². The van der Waals surface area contributed by atoms with Crippen LogP contribution in [0, 0.1) is 6.92 Å². The van der Waals surface area contributed by atoms with Gasteiger partial charge in [-0.1, -0.05) is 0 Å². The molecule has 1 N–H and O–H groups in total. The topological polar surface area (TPSA) is 81.9 Å². The molecule has 0 aliphatic carbocycles. The van der Waals surface area contributed by atoms with Crippen molar-refractivity contribution in [3.8, 4) is 21.1 Å². The molecule has 8 heteroatoms. The van der Waals surface area contributed by atoms with E-state index in [2.05, 4.69) is 20.4 Å². The smallest absolute Gasteiger partial charge is 0.342 e. The van der Waals surface area contributed by atoms with Crippen molar-refractivity contribution in [2.75, 3.05) is 20.3 Å². The van der Waals surface area contributed by atoms with Gasteiger partial charge in [0, 0.05) is 37.8 Å². The van der Waals surface area contributed by atoms with Crippen molar-refractivity contribution in [2.45, 2.75) is 6.92 Å². The van der Waals surface area contributed by atoms with Crippen LogP contribution in [0.1, 0.15) is 5.69 Å². The van der Waals surface area contributed by atoms with E-state index in [9.17, 15) is 4.79 Å². The lowest BCUT2D eigenvalue weighted by molar-refractivity contribution is 0.195. The maximum Gasteiger partial charge on any atom is 0.342 e. The van der Waals surface area contributed by atoms with Crippen LogP contribution in [0.25, 0.3) is 21.1 Å². The molecule has 3 heterocycles. The summed E-state index contributed by atoms with van der Waals surface area (Å²) < 4.78 is 6.19. The maximum atomic E-state index is 12.0. The van der Waals surface area contributed by atoms with Gasteiger partial charge in [0.2, 0.25) is 0 Å². The van der Waals surface area contributed by atoms with E-state index < -0.39 is 0 Å². The minimum absolute atomic E-state index is 0.284. The van der Waals surface area contributed by atoms with Gasteiger partial charge in [-0.25, -0.2) is 9.78 Å². The van der Waals surface area contributed by atoms with Crippen LogP contribution in [0.15, 0.2) is 36.8 Å². The van der Waals surface area contributed by atoms with E-state index in [1.807, 2.05) is 25.1 Å². The fourth-order valence-corrected chi connectivity index (χ4v) is 3.17. The molecule has 1 amide bonds. The predicted molar refractivity (Wildman–Crippen MR) is 92.0 cm³/mol. The molecule has 0 spiro atoms. The number of nitrogens with zero attached hydrogens (tertiary/aromatic N) is 4. The van der Waals surface area contributed by atoms with E-state index in [1.54, 1.807) is 25.7 Å². The normalized spacial score (nSPS) is 10.8. The third-order valence-corrected chi connectivity index (χ3v) is 4.55. The summed E-state index contributed by atoms with van der Waals surface area (Å²) in [6.07, 6.45) is 5.15. The molecule has 0 bridgehead atoms. The van der Waals surface area contributed by atoms with Crippen LogP contribution in [-0.2, 0) is 4.74 Å². The minimum Gasteiger partial charge on any atom is -0.383 e. The molecule has 0 unspecified atom stereocenters. The summed E-state index contributed by atoms with van der Waals surface area (Å²) in [4.78, 5) is 21.6. The number of nitrogens with one attached hydrogen (secondary N) is 1. The molecule has 124 valence electrons. The van der Waals surface area contributed by atoms with E-state index in [-0.39, 0.29) is 6.03 Å². The number of methoxy groups -OCH3 is 1. The van der Waals surface area contributed by atoms with Crippen molar-refractivity contribution >= 4 is 17.4 Å². The van der Waals surface area contributed by atoms with Gasteiger partial charge in [0.1, 0.15) is 10.7 Å². The molecule has 0 aromatic carbocycles. The third-order valence-electron chi connectivity index (χ3n) is 3.32. The SMILES string of the molecule is COCCNC(=O)n1ccc(-c2sc(-c3cccnc3)nc2C)n1. The summed E-state index contributed by atoms with van der Waals surface area (Å²) in [5.41, 5.74) is 2.57. The fraction of sp³-hybridized carbons (Fsp3) is 0.250. The Kier molecular flexibility index (Phi) is 4.97. The zero-order valence-corrected chi connectivity index (χ0v) is 14.2. The molecule has 0 atom stereocenters. The van der Waals surface area contributed by atoms with Crippen LogP contribution >= 0.6 is 11.3 Å². The fourth-order valence-electron chi connectivity index (χ4n) is 2.15. The molecule has 24 heavy (non-hydrogen) atoms. The highest BCUT2D eigenvalue weighted by Gasteiger charge is 2.15. The van der Waals surface area contributed by atoms with Gasteiger partial charge in [-0.05, 0) is 25.1 Å². The lowest BCUT2D eigenvalue weighted by Gasteiger charge is -2.03. The van der Waals surface area contributed by atoms with Gasteiger partial charge in [-0.15, -0.1) is 11.3 Å². The lowest BCUT2D eigenvalue weighted by Crippen LogP contribution is -2.31. The molecule has 0 saturated carbocycles. The first-order chi connectivity index (χ1) is 11.7. The van der Waals surface area contributed by atoms with E-state index in [4.69, 9.17) is 4.74 Å². The molecule has 0 aliphatic heterocycles. The summed E-state index contributed by atoms with van der Waals surface area (Å²) in [7, 11) is 1.59. The Morgan fingerprint density at radius 2 is 2.29 bits per heavy atom. The molecule has 7 nitrogen and oxygen atoms in total. The number of rotatable bonds is 5. The van der Waals surface area contributed by atoms with Gasteiger partial charge in [0.05, 0.1) is 17.2 Å². The van der Waals surface area contributed by atoms with Crippen molar-refractivity contribution in [1.82, 2.24) is 25.1 Å². The molecule has 0 aliphatic rings. The first-order valence-corrected chi connectivity index (χ1v) is 8.21. The number of carbonyl (C=O) groups excluding carboxylic acids is 1. The van der Waals surface area contributed by atoms with Gasteiger partial charge >= 0.3 is 6.03 Å². The standard InChI is InChI=1S/C16H17N5O2S/c1-11-14(24-15(19-11)12-4-3-6-17-10-12)13-5-8-21(20-13)16(22)18-7-9-23-2/h3-6,8,10H,7,9H2,1-2H3,(H,18,22). The van der Waals surface area contributed by atoms with Crippen LogP contribution in [0.2, 0.25) is 0 Å².